The Morgan fingerprint density at radius 2 is 1.90 bits per heavy atom. The first-order valence-electron chi connectivity index (χ1n) is 10.5. The Bertz CT molecular complexity index is 1080. The molecule has 0 radical (unpaired) electrons. The van der Waals surface area contributed by atoms with Crippen molar-refractivity contribution in [1.82, 2.24) is 4.90 Å². The van der Waals surface area contributed by atoms with Crippen LogP contribution in [0.1, 0.15) is 36.3 Å². The summed E-state index contributed by atoms with van der Waals surface area (Å²) in [7, 11) is 0. The molecule has 29 heavy (non-hydrogen) atoms. The van der Waals surface area contributed by atoms with E-state index in [-0.39, 0.29) is 23.9 Å². The molecule has 0 amide bonds. The predicted molar refractivity (Wildman–Crippen MR) is 111 cm³/mol. The fraction of sp³-hybridized carbons (Fsp3) is 0.417. The summed E-state index contributed by atoms with van der Waals surface area (Å²) in [6.45, 7) is 4.62. The van der Waals surface area contributed by atoms with Gasteiger partial charge in [-0.15, -0.1) is 0 Å². The standard InChI is InChI=1S/C24H25NO4/c26-17-4-5-19(22(27)14-17)21-15-29-23-7-6-18-16(2-1-3-20(18)24(21)23)8-9-25-10-12-28-13-11-25/h1-3,6-7,15,19H,4-5,8-14H2. The van der Waals surface area contributed by atoms with Crippen molar-refractivity contribution in [1.29, 1.82) is 0 Å². The van der Waals surface area contributed by atoms with Crippen LogP contribution in [0.25, 0.3) is 21.7 Å². The third kappa shape index (κ3) is 3.49. The first-order chi connectivity index (χ1) is 14.2. The molecule has 1 saturated carbocycles. The zero-order valence-electron chi connectivity index (χ0n) is 16.5. The summed E-state index contributed by atoms with van der Waals surface area (Å²) in [6, 6.07) is 10.6. The third-order valence-electron chi connectivity index (χ3n) is 6.36. The quantitative estimate of drug-likeness (QED) is 0.632. The molecule has 2 aromatic carbocycles. The van der Waals surface area contributed by atoms with Crippen molar-refractivity contribution in [3.63, 3.8) is 0 Å². The second kappa shape index (κ2) is 7.73. The summed E-state index contributed by atoms with van der Waals surface area (Å²) >= 11 is 0. The third-order valence-corrected chi connectivity index (χ3v) is 6.36. The van der Waals surface area contributed by atoms with Crippen LogP contribution in [-0.4, -0.2) is 49.3 Å². The summed E-state index contributed by atoms with van der Waals surface area (Å²) in [5, 5.41) is 3.38. The number of carbonyl (C=O) groups is 2. The summed E-state index contributed by atoms with van der Waals surface area (Å²) < 4.78 is 11.3. The Hall–Kier alpha value is -2.50. The second-order valence-corrected chi connectivity index (χ2v) is 8.12. The zero-order valence-corrected chi connectivity index (χ0v) is 16.5. The van der Waals surface area contributed by atoms with Crippen LogP contribution in [0, 0.1) is 0 Å². The van der Waals surface area contributed by atoms with E-state index < -0.39 is 0 Å². The molecule has 2 fully saturated rings. The van der Waals surface area contributed by atoms with Gasteiger partial charge in [-0.1, -0.05) is 24.3 Å². The first-order valence-corrected chi connectivity index (χ1v) is 10.5. The number of rotatable bonds is 4. The number of benzene rings is 2. The zero-order chi connectivity index (χ0) is 19.8. The lowest BCUT2D eigenvalue weighted by Gasteiger charge is -2.26. The van der Waals surface area contributed by atoms with Gasteiger partial charge in [0.2, 0.25) is 0 Å². The highest BCUT2D eigenvalue weighted by Crippen LogP contribution is 2.38. The Kier molecular flexibility index (Phi) is 4.94. The van der Waals surface area contributed by atoms with E-state index >= 15 is 0 Å². The molecule has 2 heterocycles. The van der Waals surface area contributed by atoms with Crippen LogP contribution in [-0.2, 0) is 20.7 Å². The number of ether oxygens (including phenoxy) is 1. The van der Waals surface area contributed by atoms with E-state index in [0.717, 1.165) is 61.2 Å². The molecule has 1 unspecified atom stereocenters. The molecule has 1 aromatic heterocycles. The summed E-state index contributed by atoms with van der Waals surface area (Å²) in [4.78, 5) is 26.7. The minimum atomic E-state index is -0.239. The molecule has 5 heteroatoms. The Balaban J connectivity index is 1.52. The van der Waals surface area contributed by atoms with Gasteiger partial charge >= 0.3 is 0 Å². The highest BCUT2D eigenvalue weighted by molar-refractivity contribution is 6.12. The number of morpholine rings is 1. The monoisotopic (exact) mass is 391 g/mol. The maximum absolute atomic E-state index is 12.5. The summed E-state index contributed by atoms with van der Waals surface area (Å²) in [6.07, 6.45) is 3.81. The lowest BCUT2D eigenvalue weighted by molar-refractivity contribution is -0.130. The Morgan fingerprint density at radius 3 is 2.72 bits per heavy atom. The smallest absolute Gasteiger partial charge is 0.147 e. The molecule has 0 bridgehead atoms. The lowest BCUT2D eigenvalue weighted by atomic mass is 9.81. The maximum Gasteiger partial charge on any atom is 0.147 e. The molecule has 1 aliphatic carbocycles. The van der Waals surface area contributed by atoms with E-state index in [2.05, 4.69) is 29.2 Å². The first kappa shape index (κ1) is 18.5. The predicted octanol–water partition coefficient (Wildman–Crippen LogP) is 3.87. The minimum Gasteiger partial charge on any atom is -0.464 e. The van der Waals surface area contributed by atoms with Crippen molar-refractivity contribution in [3.8, 4) is 0 Å². The van der Waals surface area contributed by atoms with E-state index in [1.165, 1.54) is 10.9 Å². The number of ketones is 2. The van der Waals surface area contributed by atoms with E-state index in [0.29, 0.717) is 12.8 Å². The maximum atomic E-state index is 12.5. The van der Waals surface area contributed by atoms with Gasteiger partial charge in [-0.2, -0.15) is 0 Å². The molecule has 0 spiro atoms. The summed E-state index contributed by atoms with van der Waals surface area (Å²) in [5.41, 5.74) is 3.06. The van der Waals surface area contributed by atoms with Gasteiger partial charge in [0.25, 0.3) is 0 Å². The van der Waals surface area contributed by atoms with E-state index in [1.54, 1.807) is 6.26 Å². The normalized spacial score (nSPS) is 21.3. The number of fused-ring (bicyclic) bond motifs is 3. The van der Waals surface area contributed by atoms with Gasteiger partial charge in [0, 0.05) is 42.9 Å². The average molecular weight is 391 g/mol. The average Bonchev–Trinajstić information content (AvgIpc) is 3.17. The van der Waals surface area contributed by atoms with Crippen LogP contribution in [0.15, 0.2) is 41.0 Å². The molecule has 5 nitrogen and oxygen atoms in total. The van der Waals surface area contributed by atoms with Crippen molar-refractivity contribution in [2.75, 3.05) is 32.8 Å². The molecule has 1 saturated heterocycles. The number of furan rings is 1. The van der Waals surface area contributed by atoms with Crippen LogP contribution < -0.4 is 0 Å². The Morgan fingerprint density at radius 1 is 1.03 bits per heavy atom. The van der Waals surface area contributed by atoms with Crippen LogP contribution >= 0.6 is 0 Å². The fourth-order valence-corrected chi connectivity index (χ4v) is 4.76. The van der Waals surface area contributed by atoms with Gasteiger partial charge in [-0.25, -0.2) is 0 Å². The van der Waals surface area contributed by atoms with Gasteiger partial charge in [0.1, 0.15) is 17.1 Å². The number of hydrogen-bond acceptors (Lipinski definition) is 5. The molecule has 3 aromatic rings. The number of hydrogen-bond donors (Lipinski definition) is 0. The van der Waals surface area contributed by atoms with Crippen molar-refractivity contribution in [2.45, 2.75) is 31.6 Å². The van der Waals surface area contributed by atoms with E-state index in [9.17, 15) is 9.59 Å². The molecule has 2 aliphatic rings. The highest BCUT2D eigenvalue weighted by atomic mass is 16.5. The van der Waals surface area contributed by atoms with Crippen molar-refractivity contribution >= 4 is 33.3 Å². The molecule has 1 atom stereocenters. The fourth-order valence-electron chi connectivity index (χ4n) is 4.76. The molecule has 5 rings (SSSR count). The molecule has 150 valence electrons. The summed E-state index contributed by atoms with van der Waals surface area (Å²) in [5.74, 6) is -0.171. The van der Waals surface area contributed by atoms with Gasteiger partial charge in [0.15, 0.2) is 0 Å². The largest absolute Gasteiger partial charge is 0.464 e. The van der Waals surface area contributed by atoms with Crippen LogP contribution in [0.5, 0.6) is 0 Å². The van der Waals surface area contributed by atoms with Crippen molar-refractivity contribution in [2.24, 2.45) is 0 Å². The SMILES string of the molecule is O=C1CCC(c2coc3ccc4c(CCN5CCOCC5)cccc4c23)C(=O)C1. The number of carbonyl (C=O) groups excluding carboxylic acids is 2. The number of nitrogens with zero attached hydrogens (tertiary/aromatic N) is 1. The molecule has 1 aliphatic heterocycles. The molecular weight excluding hydrogens is 366 g/mol. The highest BCUT2D eigenvalue weighted by Gasteiger charge is 2.31. The second-order valence-electron chi connectivity index (χ2n) is 8.12. The molecule has 0 N–H and O–H groups in total. The Labute approximate surface area is 169 Å². The van der Waals surface area contributed by atoms with Crippen molar-refractivity contribution < 1.29 is 18.7 Å². The van der Waals surface area contributed by atoms with Gasteiger partial charge in [-0.05, 0) is 35.2 Å². The topological polar surface area (TPSA) is 59.8 Å². The van der Waals surface area contributed by atoms with Crippen LogP contribution in [0.2, 0.25) is 0 Å². The molecular formula is C24H25NO4. The lowest BCUT2D eigenvalue weighted by Crippen LogP contribution is -2.37. The van der Waals surface area contributed by atoms with Crippen LogP contribution in [0.4, 0.5) is 0 Å². The van der Waals surface area contributed by atoms with Gasteiger partial charge in [0.05, 0.1) is 25.9 Å². The van der Waals surface area contributed by atoms with E-state index in [1.807, 2.05) is 6.07 Å². The minimum absolute atomic E-state index is 0.0180. The van der Waals surface area contributed by atoms with Crippen LogP contribution in [0.3, 0.4) is 0 Å². The van der Waals surface area contributed by atoms with Gasteiger partial charge < -0.3 is 9.15 Å². The number of Topliss-reactive ketones (excluding diaryl/α,β-unsaturated/α-hetero) is 2. The van der Waals surface area contributed by atoms with E-state index in [4.69, 9.17) is 9.15 Å². The van der Waals surface area contributed by atoms with Crippen molar-refractivity contribution in [3.05, 3.63) is 47.7 Å². The van der Waals surface area contributed by atoms with Gasteiger partial charge in [-0.3, -0.25) is 14.5 Å².